The van der Waals surface area contributed by atoms with E-state index in [1.807, 2.05) is 6.08 Å². The predicted octanol–water partition coefficient (Wildman–Crippen LogP) is 21.6. The summed E-state index contributed by atoms with van der Waals surface area (Å²) in [4.78, 5) is 13.4. The molecule has 12 unspecified atom stereocenters. The van der Waals surface area contributed by atoms with Crippen LogP contribution in [0.1, 0.15) is 406 Å². The highest BCUT2D eigenvalue weighted by Crippen LogP contribution is 2.31. The molecule has 0 radical (unpaired) electrons. The summed E-state index contributed by atoms with van der Waals surface area (Å²) in [5.74, 6) is -0.231. The van der Waals surface area contributed by atoms with E-state index in [2.05, 4.69) is 79.9 Å². The molecule has 1 amide bonds. The number of nitrogens with one attached hydrogen (secondary N) is 1. The molecule has 0 aromatic carbocycles. The molecule has 0 aliphatic carbocycles. The second-order valence-corrected chi connectivity index (χ2v) is 31.4. The smallest absolute Gasteiger partial charge is 0.220 e. The summed E-state index contributed by atoms with van der Waals surface area (Å²) in [6.07, 6.45) is 87.3. The van der Waals surface area contributed by atoms with Crippen molar-refractivity contribution >= 4 is 5.91 Å². The van der Waals surface area contributed by atoms with E-state index >= 15 is 0 Å². The molecule has 14 nitrogen and oxygen atoms in total. The summed E-state index contributed by atoms with van der Waals surface area (Å²) < 4.78 is 23.0. The zero-order valence-electron chi connectivity index (χ0n) is 67.7. The van der Waals surface area contributed by atoms with Gasteiger partial charge in [0, 0.05) is 6.42 Å². The lowest BCUT2D eigenvalue weighted by atomic mass is 9.97. The standard InChI is InChI=1S/C91H167NO13/c1-3-5-7-9-11-13-15-17-19-21-23-25-27-29-31-33-35-36-37-38-39-40-41-42-43-44-45-47-49-51-53-55-57-59-61-63-65-67-69-71-73-75-83(96)92-79(78-102-90-88(101)86(99)89(82(77-94)104-90)105-91-87(100)85(98)84(97)81(76-93)103-91)80(95)74-72-70-68-66-64-62-60-58-56-54-52-50-48-46-34-32-30-28-26-24-22-20-18-16-14-12-10-8-6-4-2/h5,7,11,13,17,19,23,25,29,31,72,74,79-82,84-91,93-95,97-101H,3-4,6,8-10,12,14-16,18,20-22,24,26-28,30,32-71,73,75-78H2,1-2H3,(H,92,96)/b7-5-,13-11-,19-17-,25-23-,31-29-,74-72+. The van der Waals surface area contributed by atoms with Crippen LogP contribution in [0.2, 0.25) is 0 Å². The van der Waals surface area contributed by atoms with Crippen molar-refractivity contribution in [3.8, 4) is 0 Å². The number of carbonyl (C=O) groups is 1. The average molecular weight is 1480 g/mol. The molecule has 2 heterocycles. The van der Waals surface area contributed by atoms with Gasteiger partial charge in [0.05, 0.1) is 32.0 Å². The van der Waals surface area contributed by atoms with Crippen molar-refractivity contribution in [1.29, 1.82) is 0 Å². The van der Waals surface area contributed by atoms with Crippen LogP contribution in [0.3, 0.4) is 0 Å². The Morgan fingerprint density at radius 1 is 0.352 bits per heavy atom. The summed E-state index contributed by atoms with van der Waals surface area (Å²) in [5, 5.41) is 87.9. The van der Waals surface area contributed by atoms with E-state index in [1.54, 1.807) is 6.08 Å². The zero-order valence-corrected chi connectivity index (χ0v) is 67.7. The van der Waals surface area contributed by atoms with Crippen molar-refractivity contribution in [1.82, 2.24) is 5.32 Å². The topological polar surface area (TPSA) is 228 Å². The molecule has 2 fully saturated rings. The minimum Gasteiger partial charge on any atom is -0.394 e. The Morgan fingerprint density at radius 3 is 1.01 bits per heavy atom. The Balaban J connectivity index is 1.55. The largest absolute Gasteiger partial charge is 0.394 e. The number of carbonyl (C=O) groups excluding carboxylic acids is 1. The van der Waals surface area contributed by atoms with Gasteiger partial charge in [-0.2, -0.15) is 0 Å². The molecule has 9 N–H and O–H groups in total. The number of rotatable bonds is 76. The third-order valence-corrected chi connectivity index (χ3v) is 21.6. The summed E-state index contributed by atoms with van der Waals surface area (Å²) in [6, 6.07) is -0.917. The molecule has 0 saturated carbocycles. The van der Waals surface area contributed by atoms with Gasteiger partial charge >= 0.3 is 0 Å². The molecule has 0 bridgehead atoms. The number of aliphatic hydroxyl groups excluding tert-OH is 8. The van der Waals surface area contributed by atoms with Crippen LogP contribution in [0.5, 0.6) is 0 Å². The van der Waals surface area contributed by atoms with Gasteiger partial charge < -0.3 is 65.1 Å². The number of unbranched alkanes of at least 4 members (excludes halogenated alkanes) is 53. The first-order chi connectivity index (χ1) is 51.6. The monoisotopic (exact) mass is 1480 g/mol. The van der Waals surface area contributed by atoms with Crippen LogP contribution in [0, 0.1) is 0 Å². The van der Waals surface area contributed by atoms with Gasteiger partial charge in [-0.05, 0) is 64.2 Å². The molecule has 0 aromatic heterocycles. The Bertz CT molecular complexity index is 2050. The molecule has 2 rings (SSSR count). The SMILES string of the molecule is CC/C=C\C/C=C\C/C=C\C/C=C\C/C=C\CCCCCCCCCCCCCCCCCCCCCCCCCCCC(=O)NC(COC1OC(CO)C(OC2OC(CO)C(O)C(O)C2O)C(O)C1O)C(O)/C=C/CCCCCCCCCCCCCCCCCCCCCCCCCCCCCC. The minimum atomic E-state index is -1.79. The molecule has 14 heteroatoms. The Morgan fingerprint density at radius 2 is 0.657 bits per heavy atom. The van der Waals surface area contributed by atoms with Gasteiger partial charge in [0.15, 0.2) is 12.6 Å². The van der Waals surface area contributed by atoms with Gasteiger partial charge in [0.2, 0.25) is 5.91 Å². The Hall–Kier alpha value is -2.57. The van der Waals surface area contributed by atoms with E-state index in [0.29, 0.717) is 6.42 Å². The van der Waals surface area contributed by atoms with Gasteiger partial charge in [-0.25, -0.2) is 0 Å². The van der Waals surface area contributed by atoms with E-state index in [-0.39, 0.29) is 18.9 Å². The van der Waals surface area contributed by atoms with Crippen molar-refractivity contribution in [2.75, 3.05) is 19.8 Å². The van der Waals surface area contributed by atoms with Crippen molar-refractivity contribution in [3.63, 3.8) is 0 Å². The van der Waals surface area contributed by atoms with Crippen LogP contribution >= 0.6 is 0 Å². The lowest BCUT2D eigenvalue weighted by molar-refractivity contribution is -0.359. The molecule has 2 saturated heterocycles. The highest BCUT2D eigenvalue weighted by molar-refractivity contribution is 5.76. The second kappa shape index (κ2) is 74.2. The van der Waals surface area contributed by atoms with Crippen LogP contribution in [0.4, 0.5) is 0 Å². The molecule has 2 aliphatic rings. The molecule has 0 spiro atoms. The molecule has 0 aromatic rings. The molecule has 2 aliphatic heterocycles. The molecular formula is C91H167NO13. The van der Waals surface area contributed by atoms with Crippen LogP contribution in [0.15, 0.2) is 72.9 Å². The number of amides is 1. The zero-order chi connectivity index (χ0) is 75.8. The van der Waals surface area contributed by atoms with Gasteiger partial charge in [0.25, 0.3) is 0 Å². The van der Waals surface area contributed by atoms with Crippen molar-refractivity contribution < 1.29 is 64.6 Å². The maximum atomic E-state index is 13.4. The second-order valence-electron chi connectivity index (χ2n) is 31.4. The lowest BCUT2D eigenvalue weighted by Crippen LogP contribution is -2.65. The van der Waals surface area contributed by atoms with Crippen molar-refractivity contribution in [2.45, 2.75) is 479 Å². The van der Waals surface area contributed by atoms with E-state index in [1.165, 1.54) is 308 Å². The van der Waals surface area contributed by atoms with Crippen molar-refractivity contribution in [3.05, 3.63) is 72.9 Å². The average Bonchev–Trinajstić information content (AvgIpc) is 0.769. The van der Waals surface area contributed by atoms with E-state index in [4.69, 9.17) is 18.9 Å². The summed E-state index contributed by atoms with van der Waals surface area (Å²) >= 11 is 0. The third-order valence-electron chi connectivity index (χ3n) is 21.6. The maximum absolute atomic E-state index is 13.4. The fourth-order valence-electron chi connectivity index (χ4n) is 14.7. The summed E-state index contributed by atoms with van der Waals surface area (Å²) in [5.41, 5.74) is 0. The van der Waals surface area contributed by atoms with Crippen molar-refractivity contribution in [2.24, 2.45) is 0 Å². The molecule has 12 atom stereocenters. The first kappa shape index (κ1) is 98.5. The van der Waals surface area contributed by atoms with Crippen LogP contribution in [-0.4, -0.2) is 140 Å². The normalized spacial score (nSPS) is 21.7. The van der Waals surface area contributed by atoms with Crippen LogP contribution in [0.25, 0.3) is 0 Å². The fraction of sp³-hybridized carbons (Fsp3) is 0.857. The van der Waals surface area contributed by atoms with Gasteiger partial charge in [-0.1, -0.05) is 408 Å². The highest BCUT2D eigenvalue weighted by atomic mass is 16.7. The summed E-state index contributed by atoms with van der Waals surface area (Å²) in [7, 11) is 0. The minimum absolute atomic E-state index is 0.231. The fourth-order valence-corrected chi connectivity index (χ4v) is 14.7. The maximum Gasteiger partial charge on any atom is 0.220 e. The Kier molecular flexibility index (Phi) is 69.6. The highest BCUT2D eigenvalue weighted by Gasteiger charge is 2.51. The quantitative estimate of drug-likeness (QED) is 0.0204. The van der Waals surface area contributed by atoms with Gasteiger partial charge in [-0.3, -0.25) is 4.79 Å². The number of aliphatic hydroxyl groups is 8. The van der Waals surface area contributed by atoms with E-state index in [0.717, 1.165) is 70.6 Å². The van der Waals surface area contributed by atoms with Crippen LogP contribution < -0.4 is 5.32 Å². The predicted molar refractivity (Wildman–Crippen MR) is 438 cm³/mol. The number of hydrogen-bond acceptors (Lipinski definition) is 13. The van der Waals surface area contributed by atoms with E-state index in [9.17, 15) is 45.6 Å². The Labute approximate surface area is 644 Å². The van der Waals surface area contributed by atoms with E-state index < -0.39 is 86.8 Å². The van der Waals surface area contributed by atoms with Gasteiger partial charge in [-0.15, -0.1) is 0 Å². The molecule has 614 valence electrons. The van der Waals surface area contributed by atoms with Gasteiger partial charge in [0.1, 0.15) is 48.8 Å². The van der Waals surface area contributed by atoms with Crippen LogP contribution in [-0.2, 0) is 23.7 Å². The molecule has 105 heavy (non-hydrogen) atoms. The number of ether oxygens (including phenoxy) is 4. The number of hydrogen-bond donors (Lipinski definition) is 9. The lowest BCUT2D eigenvalue weighted by Gasteiger charge is -2.46. The first-order valence-electron chi connectivity index (χ1n) is 44.7. The third kappa shape index (κ3) is 56.3. The molecular weight excluding hydrogens is 1310 g/mol. The number of allylic oxidation sites excluding steroid dienone is 11. The first-order valence-corrected chi connectivity index (χ1v) is 44.7. The summed E-state index contributed by atoms with van der Waals surface area (Å²) in [6.45, 7) is 2.75.